The van der Waals surface area contributed by atoms with E-state index in [9.17, 15) is 9.90 Å². The lowest BCUT2D eigenvalue weighted by Crippen LogP contribution is -2.60. The van der Waals surface area contributed by atoms with Gasteiger partial charge in [0.15, 0.2) is 0 Å². The van der Waals surface area contributed by atoms with E-state index in [0.29, 0.717) is 12.4 Å². The third-order valence-electron chi connectivity index (χ3n) is 6.75. The van der Waals surface area contributed by atoms with Crippen molar-refractivity contribution in [1.82, 2.24) is 4.90 Å². The van der Waals surface area contributed by atoms with Crippen LogP contribution >= 0.6 is 0 Å². The molecule has 4 fully saturated rings. The van der Waals surface area contributed by atoms with Gasteiger partial charge in [-0.2, -0.15) is 0 Å². The number of hydrogen-bond donors (Lipinski definition) is 1. The number of aliphatic carboxylic acids is 1. The van der Waals surface area contributed by atoms with Crippen LogP contribution in [0.1, 0.15) is 38.5 Å². The highest BCUT2D eigenvalue weighted by molar-refractivity contribution is 5.87. The maximum Gasteiger partial charge on any atom is 0.353 e. The minimum atomic E-state index is -0.788. The highest BCUT2D eigenvalue weighted by Crippen LogP contribution is 2.58. The Labute approximate surface area is 142 Å². The topological polar surface area (TPSA) is 43.8 Å². The summed E-state index contributed by atoms with van der Waals surface area (Å²) in [7, 11) is 0. The molecule has 1 aromatic carbocycles. The normalized spacial score (nSPS) is 37.0. The molecule has 0 aromatic heterocycles. The summed E-state index contributed by atoms with van der Waals surface area (Å²) in [6, 6.07) is 10.1. The maximum atomic E-state index is 11.9. The smallest absolute Gasteiger partial charge is 0.353 e. The average molecular weight is 324 g/mol. The first-order valence-corrected chi connectivity index (χ1v) is 9.17. The lowest BCUT2D eigenvalue weighted by atomic mass is 9.52. The maximum absolute atomic E-state index is 11.9. The van der Waals surface area contributed by atoms with Gasteiger partial charge in [0.2, 0.25) is 0 Å². The number of nitrogens with zero attached hydrogens (tertiary/aromatic N) is 2. The molecule has 4 nitrogen and oxygen atoms in total. The van der Waals surface area contributed by atoms with E-state index in [-0.39, 0.29) is 5.54 Å². The Morgan fingerprint density at radius 3 is 2.12 bits per heavy atom. The molecule has 0 unspecified atom stereocenters. The first-order chi connectivity index (χ1) is 11.6. The number of para-hydroxylation sites is 1. The summed E-state index contributed by atoms with van der Waals surface area (Å²) < 4.78 is 0. The Bertz CT molecular complexity index is 662. The largest absolute Gasteiger partial charge is 0.477 e. The van der Waals surface area contributed by atoms with E-state index in [2.05, 4.69) is 21.9 Å². The summed E-state index contributed by atoms with van der Waals surface area (Å²) >= 11 is 0. The number of carboxylic acid groups (broad SMARTS) is 1. The zero-order valence-corrected chi connectivity index (χ0v) is 13.9. The fourth-order valence-electron chi connectivity index (χ4n) is 6.23. The van der Waals surface area contributed by atoms with Crippen LogP contribution in [0.5, 0.6) is 0 Å². The number of benzene rings is 1. The standard InChI is InChI=1S/C20H24N2O2/c23-19(24)18-12-21(17-4-2-1-3-5-17)13-22(18)20-9-14-6-15(10-20)8-16(7-14)11-20/h1-5,12,14-16H,6-11,13H2,(H,23,24). The Morgan fingerprint density at radius 2 is 1.58 bits per heavy atom. The zero-order valence-electron chi connectivity index (χ0n) is 13.9. The van der Waals surface area contributed by atoms with Crippen molar-refractivity contribution in [2.24, 2.45) is 17.8 Å². The summed E-state index contributed by atoms with van der Waals surface area (Å²) in [5.41, 5.74) is 1.65. The van der Waals surface area contributed by atoms with Crippen LogP contribution in [-0.4, -0.2) is 28.2 Å². The molecule has 1 aliphatic heterocycles. The summed E-state index contributed by atoms with van der Waals surface area (Å²) in [6.45, 7) is 0.678. The fourth-order valence-corrected chi connectivity index (χ4v) is 6.23. The molecule has 0 amide bonds. The molecule has 0 saturated heterocycles. The van der Waals surface area contributed by atoms with Gasteiger partial charge in [-0.25, -0.2) is 4.79 Å². The molecular formula is C20H24N2O2. The van der Waals surface area contributed by atoms with Crippen molar-refractivity contribution in [2.75, 3.05) is 11.6 Å². The number of anilines is 1. The SMILES string of the molecule is O=C(O)C1=CN(c2ccccc2)CN1C12CC3CC(CC(C3)C1)C2. The molecule has 4 bridgehead atoms. The van der Waals surface area contributed by atoms with E-state index in [0.717, 1.165) is 23.4 Å². The molecule has 5 aliphatic rings. The van der Waals surface area contributed by atoms with Crippen molar-refractivity contribution in [3.05, 3.63) is 42.2 Å². The predicted molar refractivity (Wildman–Crippen MR) is 92.2 cm³/mol. The van der Waals surface area contributed by atoms with Crippen molar-refractivity contribution in [1.29, 1.82) is 0 Å². The van der Waals surface area contributed by atoms with Crippen LogP contribution in [0.25, 0.3) is 0 Å². The first-order valence-electron chi connectivity index (χ1n) is 9.17. The molecule has 126 valence electrons. The van der Waals surface area contributed by atoms with Gasteiger partial charge in [0.25, 0.3) is 0 Å². The second-order valence-corrected chi connectivity index (χ2v) is 8.34. The second-order valence-electron chi connectivity index (χ2n) is 8.34. The van der Waals surface area contributed by atoms with Gasteiger partial charge in [0.1, 0.15) is 5.70 Å². The molecule has 24 heavy (non-hydrogen) atoms. The Kier molecular flexibility index (Phi) is 3.00. The van der Waals surface area contributed by atoms with E-state index in [1.54, 1.807) is 0 Å². The van der Waals surface area contributed by atoms with Gasteiger partial charge in [-0.1, -0.05) is 18.2 Å². The van der Waals surface area contributed by atoms with Crippen LogP contribution in [0.2, 0.25) is 0 Å². The number of carboxylic acids is 1. The Morgan fingerprint density at radius 1 is 1.00 bits per heavy atom. The number of hydrogen-bond acceptors (Lipinski definition) is 3. The fraction of sp³-hybridized carbons (Fsp3) is 0.550. The van der Waals surface area contributed by atoms with Crippen molar-refractivity contribution >= 4 is 11.7 Å². The third kappa shape index (κ3) is 2.08. The van der Waals surface area contributed by atoms with Crippen molar-refractivity contribution < 1.29 is 9.90 Å². The monoisotopic (exact) mass is 324 g/mol. The van der Waals surface area contributed by atoms with Crippen LogP contribution in [0.3, 0.4) is 0 Å². The van der Waals surface area contributed by atoms with Crippen molar-refractivity contribution in [2.45, 2.75) is 44.1 Å². The summed E-state index contributed by atoms with van der Waals surface area (Å²) in [5.74, 6) is 1.66. The van der Waals surface area contributed by atoms with Gasteiger partial charge in [-0.3, -0.25) is 0 Å². The van der Waals surface area contributed by atoms with E-state index in [4.69, 9.17) is 0 Å². The first kappa shape index (κ1) is 14.4. The molecule has 1 aromatic rings. The quantitative estimate of drug-likeness (QED) is 0.921. The van der Waals surface area contributed by atoms with Gasteiger partial charge in [0, 0.05) is 17.4 Å². The second kappa shape index (κ2) is 5.01. The summed E-state index contributed by atoms with van der Waals surface area (Å²) in [6.07, 6.45) is 9.53. The van der Waals surface area contributed by atoms with Crippen LogP contribution in [0.15, 0.2) is 42.2 Å². The zero-order chi connectivity index (χ0) is 16.3. The van der Waals surface area contributed by atoms with Gasteiger partial charge >= 0.3 is 5.97 Å². The van der Waals surface area contributed by atoms with E-state index in [1.807, 2.05) is 24.4 Å². The molecule has 6 rings (SSSR count). The van der Waals surface area contributed by atoms with E-state index < -0.39 is 5.97 Å². The van der Waals surface area contributed by atoms with E-state index >= 15 is 0 Å². The lowest BCUT2D eigenvalue weighted by molar-refractivity contribution is -0.138. The molecule has 0 radical (unpaired) electrons. The van der Waals surface area contributed by atoms with Crippen LogP contribution in [-0.2, 0) is 4.79 Å². The van der Waals surface area contributed by atoms with Crippen molar-refractivity contribution in [3.63, 3.8) is 0 Å². The predicted octanol–water partition coefficient (Wildman–Crippen LogP) is 3.66. The molecular weight excluding hydrogens is 300 g/mol. The van der Waals surface area contributed by atoms with Gasteiger partial charge < -0.3 is 14.9 Å². The molecule has 0 spiro atoms. The highest BCUT2D eigenvalue weighted by Gasteiger charge is 2.55. The van der Waals surface area contributed by atoms with Crippen molar-refractivity contribution in [3.8, 4) is 0 Å². The number of carbonyl (C=O) groups is 1. The summed E-state index contributed by atoms with van der Waals surface area (Å²) in [4.78, 5) is 16.3. The van der Waals surface area contributed by atoms with Gasteiger partial charge in [-0.05, 0) is 68.4 Å². The average Bonchev–Trinajstić information content (AvgIpc) is 3.01. The minimum absolute atomic E-state index is 0.0858. The minimum Gasteiger partial charge on any atom is -0.477 e. The highest BCUT2D eigenvalue weighted by atomic mass is 16.4. The molecule has 1 N–H and O–H groups in total. The Balaban J connectivity index is 1.49. The molecule has 4 heteroatoms. The molecule has 1 heterocycles. The van der Waals surface area contributed by atoms with Crippen LogP contribution in [0, 0.1) is 17.8 Å². The molecule has 4 saturated carbocycles. The summed E-state index contributed by atoms with van der Waals surface area (Å²) in [5, 5.41) is 9.81. The molecule has 0 atom stereocenters. The van der Waals surface area contributed by atoms with E-state index in [1.165, 1.54) is 38.5 Å². The van der Waals surface area contributed by atoms with Gasteiger partial charge in [0.05, 0.1) is 6.67 Å². The Hall–Kier alpha value is -1.97. The van der Waals surface area contributed by atoms with Gasteiger partial charge in [-0.15, -0.1) is 0 Å². The number of rotatable bonds is 3. The van der Waals surface area contributed by atoms with Crippen LogP contribution < -0.4 is 4.90 Å². The van der Waals surface area contributed by atoms with Crippen LogP contribution in [0.4, 0.5) is 5.69 Å². The third-order valence-corrected chi connectivity index (χ3v) is 6.75. The molecule has 4 aliphatic carbocycles. The lowest BCUT2D eigenvalue weighted by Gasteiger charge is -2.60.